The number of rotatable bonds is 9. The fourth-order valence-corrected chi connectivity index (χ4v) is 11.1. The van der Waals surface area contributed by atoms with Crippen LogP contribution in [0.15, 0.2) is 279 Å². The smallest absolute Gasteiger partial charge is 0.0714 e. The Kier molecular flexibility index (Phi) is 9.77. The second kappa shape index (κ2) is 16.7. The van der Waals surface area contributed by atoms with Crippen LogP contribution in [0, 0.1) is 0 Å². The van der Waals surface area contributed by atoms with Crippen molar-refractivity contribution in [2.45, 2.75) is 5.41 Å². The summed E-state index contributed by atoms with van der Waals surface area (Å²) in [4.78, 5) is 2.40. The van der Waals surface area contributed by atoms with E-state index in [0.717, 1.165) is 22.7 Å². The van der Waals surface area contributed by atoms with E-state index in [1.165, 1.54) is 88.6 Å². The van der Waals surface area contributed by atoms with Crippen molar-refractivity contribution in [3.8, 4) is 50.2 Å². The molecule has 2 nitrogen and oxygen atoms in total. The van der Waals surface area contributed by atoms with Crippen LogP contribution < -0.4 is 4.90 Å². The highest BCUT2D eigenvalue weighted by Crippen LogP contribution is 2.58. The average molecular weight is 879 g/mol. The van der Waals surface area contributed by atoms with Gasteiger partial charge in [0.2, 0.25) is 0 Å². The predicted molar refractivity (Wildman–Crippen MR) is 289 cm³/mol. The number of anilines is 3. The lowest BCUT2D eigenvalue weighted by Gasteiger charge is -2.35. The van der Waals surface area contributed by atoms with Crippen molar-refractivity contribution >= 4 is 38.9 Å². The summed E-state index contributed by atoms with van der Waals surface area (Å²) in [5.41, 5.74) is 21.0. The quantitative estimate of drug-likeness (QED) is 0.140. The number of fused-ring (bicyclic) bond motifs is 6. The van der Waals surface area contributed by atoms with Gasteiger partial charge in [0.25, 0.3) is 0 Å². The van der Waals surface area contributed by atoms with E-state index < -0.39 is 5.41 Å². The first-order valence-corrected chi connectivity index (χ1v) is 23.8. The summed E-state index contributed by atoms with van der Waals surface area (Å²) in [5.74, 6) is 0. The Labute approximate surface area is 403 Å². The van der Waals surface area contributed by atoms with E-state index in [1.54, 1.807) is 0 Å². The van der Waals surface area contributed by atoms with Crippen LogP contribution >= 0.6 is 0 Å². The molecule has 324 valence electrons. The number of para-hydroxylation sites is 2. The van der Waals surface area contributed by atoms with Crippen LogP contribution in [0.25, 0.3) is 72.0 Å². The molecule has 2 heteroatoms. The highest BCUT2D eigenvalue weighted by molar-refractivity contribution is 6.10. The summed E-state index contributed by atoms with van der Waals surface area (Å²) in [6.07, 6.45) is 0. The number of aromatic nitrogens is 1. The molecule has 12 aromatic rings. The second-order valence-corrected chi connectivity index (χ2v) is 18.1. The molecule has 1 aliphatic carbocycles. The molecule has 0 fully saturated rings. The molecular formula is C67H46N2. The summed E-state index contributed by atoms with van der Waals surface area (Å²) in [7, 11) is 0. The molecule has 11 aromatic carbocycles. The van der Waals surface area contributed by atoms with E-state index in [4.69, 9.17) is 0 Å². The molecule has 1 aliphatic rings. The van der Waals surface area contributed by atoms with Crippen molar-refractivity contribution in [3.05, 3.63) is 301 Å². The fourth-order valence-electron chi connectivity index (χ4n) is 11.1. The summed E-state index contributed by atoms with van der Waals surface area (Å²) in [6, 6.07) is 102. The molecule has 0 bridgehead atoms. The summed E-state index contributed by atoms with van der Waals surface area (Å²) >= 11 is 0. The maximum Gasteiger partial charge on any atom is 0.0714 e. The molecule has 0 saturated heterocycles. The first kappa shape index (κ1) is 40.3. The SMILES string of the molecule is c1ccc(-c2ccc(N(c3ccccc3)c3ccc4c(c3)C(c3ccccc3)(c3ccccc3)c3cc(-c5ccc6c(c5)c5ccccc5n6-c5ccc(-c6ccccc6)cc5)ccc3-4)cc2)cc1. The van der Waals surface area contributed by atoms with Gasteiger partial charge in [-0.05, 0) is 140 Å². The maximum atomic E-state index is 2.48. The normalized spacial score (nSPS) is 12.5. The van der Waals surface area contributed by atoms with Gasteiger partial charge in [-0.3, -0.25) is 0 Å². The van der Waals surface area contributed by atoms with Crippen LogP contribution in [0.1, 0.15) is 22.3 Å². The summed E-state index contributed by atoms with van der Waals surface area (Å²) in [5, 5.41) is 2.47. The van der Waals surface area contributed by atoms with Gasteiger partial charge in [-0.15, -0.1) is 0 Å². The molecule has 0 aliphatic heterocycles. The molecule has 1 aromatic heterocycles. The van der Waals surface area contributed by atoms with Gasteiger partial charge in [0, 0.05) is 33.5 Å². The van der Waals surface area contributed by atoms with Gasteiger partial charge in [-0.1, -0.05) is 206 Å². The Morgan fingerprint density at radius 3 is 1.32 bits per heavy atom. The van der Waals surface area contributed by atoms with Crippen molar-refractivity contribution < 1.29 is 0 Å². The molecule has 0 saturated carbocycles. The van der Waals surface area contributed by atoms with E-state index in [9.17, 15) is 0 Å². The molecule has 0 N–H and O–H groups in total. The molecule has 0 amide bonds. The van der Waals surface area contributed by atoms with Gasteiger partial charge >= 0.3 is 0 Å². The van der Waals surface area contributed by atoms with Gasteiger partial charge in [-0.25, -0.2) is 0 Å². The second-order valence-electron chi connectivity index (χ2n) is 18.1. The summed E-state index contributed by atoms with van der Waals surface area (Å²) < 4.78 is 2.41. The summed E-state index contributed by atoms with van der Waals surface area (Å²) in [6.45, 7) is 0. The number of nitrogens with zero attached hydrogens (tertiary/aromatic N) is 2. The van der Waals surface area contributed by atoms with Gasteiger partial charge in [0.1, 0.15) is 0 Å². The standard InChI is InChI=1S/C67H46N2/c1-6-18-47(19-7-1)49-30-36-56(37-31-49)68(55-26-14-5-15-27-55)58-40-42-60-59-41-34-52(45-63(59)67(64(60)46-58,53-22-10-3-11-23-53)54-24-12-4-13-25-54)51-35-43-66-62(44-51)61-28-16-17-29-65(61)69(66)57-38-32-50(33-39-57)48-20-8-2-9-21-48/h1-46H. The highest BCUT2D eigenvalue weighted by atomic mass is 15.1. The van der Waals surface area contributed by atoms with Crippen molar-refractivity contribution in [2.75, 3.05) is 4.90 Å². The first-order valence-electron chi connectivity index (χ1n) is 23.8. The lowest BCUT2D eigenvalue weighted by atomic mass is 9.67. The maximum absolute atomic E-state index is 2.48. The Hall–Kier alpha value is -8.98. The Balaban J connectivity index is 0.976. The predicted octanol–water partition coefficient (Wildman–Crippen LogP) is 17.6. The highest BCUT2D eigenvalue weighted by Gasteiger charge is 2.46. The number of benzene rings is 11. The van der Waals surface area contributed by atoms with Crippen molar-refractivity contribution in [2.24, 2.45) is 0 Å². The van der Waals surface area contributed by atoms with Crippen LogP contribution in [0.4, 0.5) is 17.1 Å². The van der Waals surface area contributed by atoms with Gasteiger partial charge < -0.3 is 9.47 Å². The van der Waals surface area contributed by atoms with E-state index in [1.807, 2.05) is 0 Å². The van der Waals surface area contributed by atoms with Gasteiger partial charge in [0.05, 0.1) is 16.4 Å². The van der Waals surface area contributed by atoms with E-state index >= 15 is 0 Å². The molecule has 1 heterocycles. The largest absolute Gasteiger partial charge is 0.310 e. The average Bonchev–Trinajstić information content (AvgIpc) is 3.92. The minimum absolute atomic E-state index is 0.606. The monoisotopic (exact) mass is 878 g/mol. The van der Waals surface area contributed by atoms with Crippen LogP contribution in [0.3, 0.4) is 0 Å². The zero-order chi connectivity index (χ0) is 45.7. The Morgan fingerprint density at radius 2 is 0.696 bits per heavy atom. The molecule has 0 spiro atoms. The van der Waals surface area contributed by atoms with Crippen LogP contribution in [0.5, 0.6) is 0 Å². The molecule has 69 heavy (non-hydrogen) atoms. The lowest BCUT2D eigenvalue weighted by molar-refractivity contribution is 0.768. The van der Waals surface area contributed by atoms with E-state index in [0.29, 0.717) is 0 Å². The Bertz CT molecular complexity index is 3750. The first-order chi connectivity index (χ1) is 34.2. The fraction of sp³-hybridized carbons (Fsp3) is 0.0149. The molecular weight excluding hydrogens is 833 g/mol. The molecule has 0 unspecified atom stereocenters. The third-order valence-corrected chi connectivity index (χ3v) is 14.3. The topological polar surface area (TPSA) is 8.17 Å². The zero-order valence-electron chi connectivity index (χ0n) is 38.0. The third kappa shape index (κ3) is 6.72. The Morgan fingerprint density at radius 1 is 0.275 bits per heavy atom. The van der Waals surface area contributed by atoms with E-state index in [2.05, 4.69) is 289 Å². The van der Waals surface area contributed by atoms with Gasteiger partial charge in [0.15, 0.2) is 0 Å². The van der Waals surface area contributed by atoms with Crippen molar-refractivity contribution in [3.63, 3.8) is 0 Å². The van der Waals surface area contributed by atoms with Crippen LogP contribution in [0.2, 0.25) is 0 Å². The van der Waals surface area contributed by atoms with Crippen LogP contribution in [-0.4, -0.2) is 4.57 Å². The lowest BCUT2D eigenvalue weighted by Crippen LogP contribution is -2.28. The van der Waals surface area contributed by atoms with E-state index in [-0.39, 0.29) is 0 Å². The molecule has 0 radical (unpaired) electrons. The third-order valence-electron chi connectivity index (χ3n) is 14.3. The minimum atomic E-state index is -0.606. The number of hydrogen-bond donors (Lipinski definition) is 0. The van der Waals surface area contributed by atoms with Crippen molar-refractivity contribution in [1.29, 1.82) is 0 Å². The number of hydrogen-bond acceptors (Lipinski definition) is 1. The van der Waals surface area contributed by atoms with Gasteiger partial charge in [-0.2, -0.15) is 0 Å². The molecule has 13 rings (SSSR count). The molecule has 0 atom stereocenters. The van der Waals surface area contributed by atoms with Crippen molar-refractivity contribution in [1.82, 2.24) is 4.57 Å². The minimum Gasteiger partial charge on any atom is -0.310 e. The van der Waals surface area contributed by atoms with Crippen LogP contribution in [-0.2, 0) is 5.41 Å². The zero-order valence-corrected chi connectivity index (χ0v) is 38.0.